The van der Waals surface area contributed by atoms with E-state index in [1.54, 1.807) is 0 Å². The van der Waals surface area contributed by atoms with E-state index >= 15 is 0 Å². The molecule has 1 saturated carbocycles. The zero-order valence-electron chi connectivity index (χ0n) is 22.1. The van der Waals surface area contributed by atoms with Gasteiger partial charge < -0.3 is 14.6 Å². The molecular formula is C34H38N2O2. The number of hydrogen-bond acceptors (Lipinski definition) is 3. The Kier molecular flexibility index (Phi) is 7.59. The average Bonchev–Trinajstić information content (AvgIpc) is 3.42. The highest BCUT2D eigenvalue weighted by Gasteiger charge is 2.26. The zero-order valence-corrected chi connectivity index (χ0v) is 22.1. The summed E-state index contributed by atoms with van der Waals surface area (Å²) in [4.78, 5) is 15.5. The molecule has 4 heteroatoms. The van der Waals surface area contributed by atoms with Crippen LogP contribution < -0.4 is 5.32 Å². The van der Waals surface area contributed by atoms with Gasteiger partial charge in [0.25, 0.3) is 5.91 Å². The Hall–Kier alpha value is -3.37. The minimum absolute atomic E-state index is 0.0568. The monoisotopic (exact) mass is 506 g/mol. The number of rotatable bonds is 7. The molecule has 2 heterocycles. The number of hydrogen-bond donors (Lipinski definition) is 1. The van der Waals surface area contributed by atoms with Crippen LogP contribution in [0, 0.1) is 5.92 Å². The second-order valence-electron chi connectivity index (χ2n) is 11.2. The Morgan fingerprint density at radius 3 is 2.24 bits per heavy atom. The molecule has 1 aromatic heterocycles. The molecular weight excluding hydrogens is 468 g/mol. The molecule has 2 aliphatic rings. The number of piperidine rings is 1. The molecule has 1 saturated heterocycles. The minimum atomic E-state index is 0.0568. The van der Waals surface area contributed by atoms with E-state index in [9.17, 15) is 4.79 Å². The summed E-state index contributed by atoms with van der Waals surface area (Å²) < 4.78 is 5.80. The smallest absolute Gasteiger partial charge is 0.251 e. The number of para-hydroxylation sites is 1. The molecule has 2 fully saturated rings. The van der Waals surface area contributed by atoms with Crippen LogP contribution in [0.15, 0.2) is 89.5 Å². The fourth-order valence-electron chi connectivity index (χ4n) is 6.46. The van der Waals surface area contributed by atoms with Gasteiger partial charge in [0, 0.05) is 22.6 Å². The molecule has 4 aromatic rings. The third-order valence-electron chi connectivity index (χ3n) is 8.83. The Balaban J connectivity index is 0.915. The van der Waals surface area contributed by atoms with Crippen molar-refractivity contribution in [3.8, 4) is 11.1 Å². The standard InChI is InChI=1S/C34H38N2O2/c37-34(29-14-12-27(13-15-29)26-6-2-1-3-7-26)35-30-16-10-25(11-17-30)18-21-36-22-19-28(20-23-36)32-24-38-33-9-5-4-8-31(32)33/h1-9,12-15,24-25,28,30H,10-11,16-23H2,(H,35,37). The van der Waals surface area contributed by atoms with Gasteiger partial charge in [-0.15, -0.1) is 0 Å². The largest absolute Gasteiger partial charge is 0.464 e. The minimum Gasteiger partial charge on any atom is -0.464 e. The van der Waals surface area contributed by atoms with Crippen molar-refractivity contribution in [2.75, 3.05) is 19.6 Å². The predicted molar refractivity (Wildman–Crippen MR) is 154 cm³/mol. The summed E-state index contributed by atoms with van der Waals surface area (Å²) in [6, 6.07) is 27.0. The van der Waals surface area contributed by atoms with E-state index in [1.165, 1.54) is 68.3 Å². The highest BCUT2D eigenvalue weighted by atomic mass is 16.3. The van der Waals surface area contributed by atoms with Gasteiger partial charge >= 0.3 is 0 Å². The van der Waals surface area contributed by atoms with Crippen molar-refractivity contribution in [1.29, 1.82) is 0 Å². The third-order valence-corrected chi connectivity index (χ3v) is 8.83. The first-order valence-electron chi connectivity index (χ1n) is 14.4. The number of benzene rings is 3. The van der Waals surface area contributed by atoms with Crippen LogP contribution in [0.1, 0.15) is 66.8 Å². The molecule has 38 heavy (non-hydrogen) atoms. The van der Waals surface area contributed by atoms with E-state index < -0.39 is 0 Å². The molecule has 1 aliphatic carbocycles. The molecule has 0 radical (unpaired) electrons. The molecule has 0 unspecified atom stereocenters. The first-order valence-corrected chi connectivity index (χ1v) is 14.4. The Bertz CT molecular complexity index is 1330. The van der Waals surface area contributed by atoms with Crippen LogP contribution in [-0.2, 0) is 0 Å². The molecule has 0 bridgehead atoms. The number of amides is 1. The lowest BCUT2D eigenvalue weighted by molar-refractivity contribution is 0.0919. The van der Waals surface area contributed by atoms with Crippen LogP contribution in [0.4, 0.5) is 0 Å². The van der Waals surface area contributed by atoms with Crippen molar-refractivity contribution in [2.45, 2.75) is 56.9 Å². The first-order chi connectivity index (χ1) is 18.7. The van der Waals surface area contributed by atoms with E-state index in [0.29, 0.717) is 12.0 Å². The van der Waals surface area contributed by atoms with Crippen LogP contribution in [0.25, 0.3) is 22.1 Å². The fourth-order valence-corrected chi connectivity index (χ4v) is 6.46. The molecule has 6 rings (SSSR count). The van der Waals surface area contributed by atoms with E-state index in [1.807, 2.05) is 54.8 Å². The van der Waals surface area contributed by atoms with Crippen molar-refractivity contribution in [3.05, 3.63) is 96.3 Å². The van der Waals surface area contributed by atoms with Crippen LogP contribution in [0.5, 0.6) is 0 Å². The lowest BCUT2D eigenvalue weighted by Gasteiger charge is -2.34. The molecule has 1 N–H and O–H groups in total. The summed E-state index contributed by atoms with van der Waals surface area (Å²) >= 11 is 0. The number of furan rings is 1. The maximum absolute atomic E-state index is 12.8. The van der Waals surface area contributed by atoms with Crippen LogP contribution in [0.3, 0.4) is 0 Å². The Morgan fingerprint density at radius 1 is 0.789 bits per heavy atom. The third kappa shape index (κ3) is 5.71. The highest BCUT2D eigenvalue weighted by molar-refractivity contribution is 5.94. The molecule has 0 atom stereocenters. The Labute approximate surface area is 226 Å². The SMILES string of the molecule is O=C(NC1CCC(CCN2CCC(c3coc4ccccc34)CC2)CC1)c1ccc(-c2ccccc2)cc1. The maximum Gasteiger partial charge on any atom is 0.251 e. The molecule has 3 aromatic carbocycles. The quantitative estimate of drug-likeness (QED) is 0.280. The van der Waals surface area contributed by atoms with Crippen molar-refractivity contribution in [1.82, 2.24) is 10.2 Å². The van der Waals surface area contributed by atoms with Gasteiger partial charge in [0.05, 0.1) is 6.26 Å². The summed E-state index contributed by atoms with van der Waals surface area (Å²) in [6.45, 7) is 3.56. The summed E-state index contributed by atoms with van der Waals surface area (Å²) in [6.07, 6.45) is 10.3. The van der Waals surface area contributed by atoms with Gasteiger partial charge in [-0.2, -0.15) is 0 Å². The normalized spacial score (nSPS) is 20.9. The number of carbonyl (C=O) groups is 1. The molecule has 196 valence electrons. The summed E-state index contributed by atoms with van der Waals surface area (Å²) in [5, 5.41) is 4.58. The molecule has 0 spiro atoms. The average molecular weight is 507 g/mol. The van der Waals surface area contributed by atoms with Crippen LogP contribution >= 0.6 is 0 Å². The predicted octanol–water partition coefficient (Wildman–Crippen LogP) is 7.66. The zero-order chi connectivity index (χ0) is 25.7. The summed E-state index contributed by atoms with van der Waals surface area (Å²) in [5.74, 6) is 1.45. The lowest BCUT2D eigenvalue weighted by atomic mass is 9.83. The second kappa shape index (κ2) is 11.6. The number of nitrogens with one attached hydrogen (secondary N) is 1. The van der Waals surface area contributed by atoms with Crippen LogP contribution in [-0.4, -0.2) is 36.5 Å². The van der Waals surface area contributed by atoms with E-state index in [-0.39, 0.29) is 5.91 Å². The van der Waals surface area contributed by atoms with Crippen molar-refractivity contribution in [2.24, 2.45) is 5.92 Å². The van der Waals surface area contributed by atoms with Crippen molar-refractivity contribution in [3.63, 3.8) is 0 Å². The first kappa shape index (κ1) is 24.9. The lowest BCUT2D eigenvalue weighted by Crippen LogP contribution is -2.38. The number of nitrogens with zero attached hydrogens (tertiary/aromatic N) is 1. The maximum atomic E-state index is 12.8. The summed E-state index contributed by atoms with van der Waals surface area (Å²) in [5.41, 5.74) is 5.47. The van der Waals surface area contributed by atoms with Crippen molar-refractivity contribution < 1.29 is 9.21 Å². The number of carbonyl (C=O) groups excluding carboxylic acids is 1. The highest BCUT2D eigenvalue weighted by Crippen LogP contribution is 2.35. The van der Waals surface area contributed by atoms with Gasteiger partial charge in [0.1, 0.15) is 5.58 Å². The van der Waals surface area contributed by atoms with E-state index in [4.69, 9.17) is 4.42 Å². The van der Waals surface area contributed by atoms with E-state index in [2.05, 4.69) is 40.5 Å². The molecule has 1 aliphatic heterocycles. The molecule has 1 amide bonds. The second-order valence-corrected chi connectivity index (χ2v) is 11.2. The van der Waals surface area contributed by atoms with E-state index in [0.717, 1.165) is 35.5 Å². The van der Waals surface area contributed by atoms with Gasteiger partial charge in [0.15, 0.2) is 0 Å². The Morgan fingerprint density at radius 2 is 1.47 bits per heavy atom. The van der Waals surface area contributed by atoms with Gasteiger partial charge in [-0.05, 0) is 106 Å². The van der Waals surface area contributed by atoms with Gasteiger partial charge in [-0.1, -0.05) is 60.7 Å². The van der Waals surface area contributed by atoms with Crippen molar-refractivity contribution >= 4 is 16.9 Å². The van der Waals surface area contributed by atoms with Gasteiger partial charge in [0.2, 0.25) is 0 Å². The molecule has 4 nitrogen and oxygen atoms in total. The number of fused-ring (bicyclic) bond motifs is 1. The van der Waals surface area contributed by atoms with Gasteiger partial charge in [-0.3, -0.25) is 4.79 Å². The topological polar surface area (TPSA) is 45.5 Å². The summed E-state index contributed by atoms with van der Waals surface area (Å²) in [7, 11) is 0. The fraction of sp³-hybridized carbons (Fsp3) is 0.382. The van der Waals surface area contributed by atoms with Crippen LogP contribution in [0.2, 0.25) is 0 Å². The number of likely N-dealkylation sites (tertiary alicyclic amines) is 1. The van der Waals surface area contributed by atoms with Gasteiger partial charge in [-0.25, -0.2) is 0 Å².